The molecular weight excluding hydrogens is 751 g/mol. The van der Waals surface area contributed by atoms with E-state index in [1.807, 2.05) is 57.2 Å². The fraction of sp³-hybridized carbons (Fsp3) is 0.205. The topological polar surface area (TPSA) is 136 Å². The largest absolute Gasteiger partial charge is 0.465 e. The Balaban J connectivity index is 1.30. The minimum atomic E-state index is -4.15. The lowest BCUT2D eigenvalue weighted by atomic mass is 10.1. The number of para-hydroxylation sites is 1. The van der Waals surface area contributed by atoms with E-state index >= 15 is 0 Å². The molecule has 0 spiro atoms. The number of aliphatic imine (C=N–C) groups is 1. The molecule has 280 valence electrons. The van der Waals surface area contributed by atoms with Crippen molar-refractivity contribution in [3.05, 3.63) is 137 Å². The molecule has 2 atom stereocenters. The quantitative estimate of drug-likeness (QED) is 0.107. The average Bonchev–Trinajstić information content (AvgIpc) is 3.49. The zero-order chi connectivity index (χ0) is 38.4. The molecule has 0 saturated heterocycles. The van der Waals surface area contributed by atoms with E-state index in [-0.39, 0.29) is 33.5 Å². The normalized spacial score (nSPS) is 14.7. The Morgan fingerprint density at radius 2 is 1.63 bits per heavy atom. The monoisotopic (exact) mass is 788 g/mol. The van der Waals surface area contributed by atoms with Crippen LogP contribution in [0.3, 0.4) is 0 Å². The Morgan fingerprint density at radius 1 is 0.926 bits per heavy atom. The highest BCUT2D eigenvalue weighted by atomic mass is 35.5. The van der Waals surface area contributed by atoms with Crippen LogP contribution in [0, 0.1) is 13.8 Å². The van der Waals surface area contributed by atoms with E-state index in [0.29, 0.717) is 29.2 Å². The number of likely N-dealkylation sites (N-methyl/N-ethyl adjacent to an activating group) is 1. The summed E-state index contributed by atoms with van der Waals surface area (Å²) in [4.78, 5) is 23.0. The van der Waals surface area contributed by atoms with E-state index in [1.54, 1.807) is 60.7 Å². The van der Waals surface area contributed by atoms with Crippen LogP contribution in [0.15, 0.2) is 115 Å². The SMILES string of the molecule is CCC(OCNc1ccc(Oc2ccccc2)c(NC(=O)C(C2=NC=C(c3ccccc3)S(=O)(=O)N2C)n2cnc(Cl)c2Cl)c1)Oc1ccc(C)cc1C. The third-order valence-corrected chi connectivity index (χ3v) is 11.0. The van der Waals surface area contributed by atoms with Gasteiger partial charge in [0.2, 0.25) is 6.29 Å². The molecule has 2 unspecified atom stereocenters. The molecule has 5 aromatic rings. The van der Waals surface area contributed by atoms with Gasteiger partial charge in [-0.3, -0.25) is 9.10 Å². The number of carbonyl (C=O) groups is 1. The summed E-state index contributed by atoms with van der Waals surface area (Å²) < 4.78 is 48.2. The van der Waals surface area contributed by atoms with Crippen LogP contribution >= 0.6 is 23.2 Å². The molecule has 0 saturated carbocycles. The molecule has 4 aromatic carbocycles. The van der Waals surface area contributed by atoms with Crippen LogP contribution < -0.4 is 20.1 Å². The number of ether oxygens (including phenoxy) is 3. The second-order valence-electron chi connectivity index (χ2n) is 12.3. The van der Waals surface area contributed by atoms with E-state index in [9.17, 15) is 13.2 Å². The zero-order valence-electron chi connectivity index (χ0n) is 29.9. The van der Waals surface area contributed by atoms with Gasteiger partial charge in [-0.1, -0.05) is 96.4 Å². The maximum Gasteiger partial charge on any atom is 0.267 e. The number of carbonyl (C=O) groups excluding carboxylic acids is 1. The van der Waals surface area contributed by atoms with Crippen molar-refractivity contribution in [2.24, 2.45) is 4.99 Å². The van der Waals surface area contributed by atoms with Crippen molar-refractivity contribution in [2.75, 3.05) is 24.4 Å². The molecule has 54 heavy (non-hydrogen) atoms. The number of imidazole rings is 1. The zero-order valence-corrected chi connectivity index (χ0v) is 32.2. The first-order valence-electron chi connectivity index (χ1n) is 16.9. The lowest BCUT2D eigenvalue weighted by Gasteiger charge is -2.30. The number of nitrogens with zero attached hydrogens (tertiary/aromatic N) is 4. The van der Waals surface area contributed by atoms with Crippen molar-refractivity contribution in [1.29, 1.82) is 0 Å². The summed E-state index contributed by atoms with van der Waals surface area (Å²) in [6.45, 7) is 6.05. The summed E-state index contributed by atoms with van der Waals surface area (Å²) in [5, 5.41) is 5.95. The molecule has 0 bridgehead atoms. The molecule has 2 heterocycles. The fourth-order valence-corrected chi connectivity index (χ4v) is 7.29. The standard InChI is InChI=1S/C39H38Cl2N6O6S/c1-5-34(53-31-18-16-25(2)20-26(31)3)51-24-44-28-17-19-32(52-29-14-10-7-11-15-29)30(21-28)45-39(48)35(47-23-43-36(40)37(47)41)38-42-22-33(54(49,50)46(38)4)27-12-8-6-9-13-27/h6-23,34-35,44H,5,24H2,1-4H3,(H,45,48). The van der Waals surface area contributed by atoms with Gasteiger partial charge in [0.1, 0.15) is 28.3 Å². The molecule has 0 fully saturated rings. The van der Waals surface area contributed by atoms with Crippen LogP contribution in [0.1, 0.15) is 36.1 Å². The molecule has 12 nitrogen and oxygen atoms in total. The van der Waals surface area contributed by atoms with Crippen LogP contribution in [0.4, 0.5) is 11.4 Å². The molecule has 2 N–H and O–H groups in total. The number of amidine groups is 1. The van der Waals surface area contributed by atoms with E-state index in [4.69, 9.17) is 37.4 Å². The van der Waals surface area contributed by atoms with Crippen LogP contribution in [0.25, 0.3) is 4.91 Å². The van der Waals surface area contributed by atoms with E-state index in [2.05, 4.69) is 20.6 Å². The maximum absolute atomic E-state index is 14.5. The molecule has 6 rings (SSSR count). The summed E-state index contributed by atoms with van der Waals surface area (Å²) in [6, 6.07) is 27.2. The number of anilines is 2. The molecule has 1 aromatic heterocycles. The number of sulfonamides is 1. The van der Waals surface area contributed by atoms with Crippen LogP contribution in [-0.2, 0) is 19.6 Å². The van der Waals surface area contributed by atoms with Gasteiger partial charge in [0.25, 0.3) is 15.9 Å². The van der Waals surface area contributed by atoms with Crippen LogP contribution in [0.5, 0.6) is 17.2 Å². The first kappa shape index (κ1) is 38.4. The van der Waals surface area contributed by atoms with Crippen molar-refractivity contribution in [2.45, 2.75) is 39.5 Å². The molecule has 1 aliphatic rings. The third kappa shape index (κ3) is 8.55. The van der Waals surface area contributed by atoms with Crippen LogP contribution in [0.2, 0.25) is 10.3 Å². The molecule has 1 aliphatic heterocycles. The number of benzene rings is 4. The highest BCUT2D eigenvalue weighted by Crippen LogP contribution is 2.36. The number of hydrogen-bond donors (Lipinski definition) is 2. The molecule has 0 aliphatic carbocycles. The maximum atomic E-state index is 14.5. The van der Waals surface area contributed by atoms with Gasteiger partial charge in [0.05, 0.1) is 18.2 Å². The minimum absolute atomic E-state index is 0.0347. The Hall–Kier alpha value is -5.34. The van der Waals surface area contributed by atoms with Gasteiger partial charge in [0.15, 0.2) is 22.8 Å². The number of hydrogen-bond acceptors (Lipinski definition) is 9. The summed E-state index contributed by atoms with van der Waals surface area (Å²) in [7, 11) is -2.84. The smallest absolute Gasteiger partial charge is 0.267 e. The Morgan fingerprint density at radius 3 is 2.30 bits per heavy atom. The van der Waals surface area contributed by atoms with Gasteiger partial charge in [-0.05, 0) is 61.4 Å². The fourth-order valence-electron chi connectivity index (χ4n) is 5.65. The summed E-state index contributed by atoms with van der Waals surface area (Å²) in [5.74, 6) is 0.709. The van der Waals surface area contributed by atoms with Crippen molar-refractivity contribution < 1.29 is 27.4 Å². The van der Waals surface area contributed by atoms with Crippen LogP contribution in [-0.4, -0.2) is 54.1 Å². The van der Waals surface area contributed by atoms with Gasteiger partial charge >= 0.3 is 0 Å². The second kappa shape index (κ2) is 16.8. The lowest BCUT2D eigenvalue weighted by Crippen LogP contribution is -2.45. The Labute approximate surface area is 324 Å². The predicted octanol–water partition coefficient (Wildman–Crippen LogP) is 8.65. The number of nitrogens with one attached hydrogen (secondary N) is 2. The van der Waals surface area contributed by atoms with Gasteiger partial charge in [0, 0.05) is 19.2 Å². The molecular formula is C39H38Cl2N6O6S. The Kier molecular flexibility index (Phi) is 11.9. The number of halogens is 2. The minimum Gasteiger partial charge on any atom is -0.465 e. The van der Waals surface area contributed by atoms with Crippen molar-refractivity contribution in [3.63, 3.8) is 0 Å². The van der Waals surface area contributed by atoms with E-state index < -0.39 is 28.3 Å². The van der Waals surface area contributed by atoms with E-state index in [1.165, 1.54) is 24.1 Å². The second-order valence-corrected chi connectivity index (χ2v) is 14.9. The predicted molar refractivity (Wildman–Crippen MR) is 212 cm³/mol. The van der Waals surface area contributed by atoms with Gasteiger partial charge in [-0.2, -0.15) is 0 Å². The van der Waals surface area contributed by atoms with Gasteiger partial charge in [-0.25, -0.2) is 18.4 Å². The van der Waals surface area contributed by atoms with E-state index in [0.717, 1.165) is 21.2 Å². The van der Waals surface area contributed by atoms with Crippen molar-refractivity contribution >= 4 is 61.2 Å². The Bertz CT molecular complexity index is 2300. The first-order valence-corrected chi connectivity index (χ1v) is 19.1. The number of aromatic nitrogens is 2. The lowest BCUT2D eigenvalue weighted by molar-refractivity contribution is -0.117. The number of aryl methyl sites for hydroxylation is 2. The average molecular weight is 790 g/mol. The highest BCUT2D eigenvalue weighted by molar-refractivity contribution is 7.99. The first-order chi connectivity index (χ1) is 26.0. The van der Waals surface area contributed by atoms with Gasteiger partial charge < -0.3 is 29.4 Å². The molecule has 0 radical (unpaired) electrons. The highest BCUT2D eigenvalue weighted by Gasteiger charge is 2.39. The molecule has 15 heteroatoms. The van der Waals surface area contributed by atoms with Crippen molar-refractivity contribution in [1.82, 2.24) is 13.9 Å². The summed E-state index contributed by atoms with van der Waals surface area (Å²) in [5.41, 5.74) is 3.42. The third-order valence-electron chi connectivity index (χ3n) is 8.47. The summed E-state index contributed by atoms with van der Waals surface area (Å²) in [6.07, 6.45) is 2.54. The number of rotatable bonds is 14. The van der Waals surface area contributed by atoms with Gasteiger partial charge in [-0.15, -0.1) is 0 Å². The summed E-state index contributed by atoms with van der Waals surface area (Å²) >= 11 is 12.8. The molecule has 1 amide bonds. The number of amides is 1. The van der Waals surface area contributed by atoms with Crippen molar-refractivity contribution in [3.8, 4) is 17.2 Å².